The van der Waals surface area contributed by atoms with Gasteiger partial charge >= 0.3 is 18.0 Å². The summed E-state index contributed by atoms with van der Waals surface area (Å²) in [5, 5.41) is 12.0. The SMILES string of the molecule is CCCC(=O)Oc1cc(C(C)C)c(NC(=O)OC(C)(C)C)cc1C(=O)O. The molecule has 1 amide bonds. The smallest absolute Gasteiger partial charge is 0.412 e. The van der Waals surface area contributed by atoms with Crippen molar-refractivity contribution in [2.24, 2.45) is 0 Å². The van der Waals surface area contributed by atoms with Crippen LogP contribution >= 0.6 is 0 Å². The number of carboxylic acid groups (broad SMARTS) is 1. The predicted octanol–water partition coefficient (Wildman–Crippen LogP) is 4.56. The summed E-state index contributed by atoms with van der Waals surface area (Å²) in [4.78, 5) is 35.4. The number of amides is 1. The number of hydrogen-bond donors (Lipinski definition) is 2. The lowest BCUT2D eigenvalue weighted by Crippen LogP contribution is -2.27. The van der Waals surface area contributed by atoms with Gasteiger partial charge in [-0.3, -0.25) is 10.1 Å². The molecule has 0 aliphatic rings. The maximum atomic E-state index is 12.1. The van der Waals surface area contributed by atoms with Crippen molar-refractivity contribution in [1.82, 2.24) is 0 Å². The standard InChI is InChI=1S/C19H27NO6/c1-7-8-16(21)25-15-10-12(11(2)3)14(9-13(15)17(22)23)20-18(24)26-19(4,5)6/h9-11H,7-8H2,1-6H3,(H,20,24)(H,22,23). The van der Waals surface area contributed by atoms with Crippen molar-refractivity contribution in [3.8, 4) is 5.75 Å². The molecular weight excluding hydrogens is 338 g/mol. The maximum Gasteiger partial charge on any atom is 0.412 e. The highest BCUT2D eigenvalue weighted by atomic mass is 16.6. The lowest BCUT2D eigenvalue weighted by molar-refractivity contribution is -0.134. The monoisotopic (exact) mass is 365 g/mol. The molecule has 1 aromatic rings. The van der Waals surface area contributed by atoms with Crippen LogP contribution in [0.5, 0.6) is 5.75 Å². The van der Waals surface area contributed by atoms with E-state index in [1.54, 1.807) is 20.8 Å². The Labute approximate surface area is 153 Å². The van der Waals surface area contributed by atoms with Crippen molar-refractivity contribution in [3.63, 3.8) is 0 Å². The van der Waals surface area contributed by atoms with Crippen molar-refractivity contribution in [1.29, 1.82) is 0 Å². The minimum atomic E-state index is -1.26. The first kappa shape index (κ1) is 21.5. The Kier molecular flexibility index (Phi) is 7.18. The molecule has 1 rings (SSSR count). The van der Waals surface area contributed by atoms with Crippen LogP contribution in [0.15, 0.2) is 12.1 Å². The van der Waals surface area contributed by atoms with E-state index in [1.807, 2.05) is 20.8 Å². The predicted molar refractivity (Wildman–Crippen MR) is 97.9 cm³/mol. The zero-order valence-corrected chi connectivity index (χ0v) is 16.1. The highest BCUT2D eigenvalue weighted by molar-refractivity contribution is 5.96. The van der Waals surface area contributed by atoms with Gasteiger partial charge in [0.05, 0.1) is 0 Å². The first-order valence-corrected chi connectivity index (χ1v) is 8.56. The molecule has 144 valence electrons. The number of carbonyl (C=O) groups excluding carboxylic acids is 2. The molecule has 0 heterocycles. The second-order valence-electron chi connectivity index (χ2n) is 7.25. The fourth-order valence-electron chi connectivity index (χ4n) is 2.22. The molecule has 0 spiro atoms. The molecular formula is C19H27NO6. The van der Waals surface area contributed by atoms with E-state index in [0.717, 1.165) is 0 Å². The molecule has 0 aromatic heterocycles. The minimum Gasteiger partial charge on any atom is -0.478 e. The van der Waals surface area contributed by atoms with Gasteiger partial charge < -0.3 is 14.6 Å². The van der Waals surface area contributed by atoms with Gasteiger partial charge in [-0.05, 0) is 50.8 Å². The van der Waals surface area contributed by atoms with Crippen molar-refractivity contribution in [3.05, 3.63) is 23.3 Å². The average Bonchev–Trinajstić information content (AvgIpc) is 2.45. The number of benzene rings is 1. The van der Waals surface area contributed by atoms with Gasteiger partial charge in [-0.1, -0.05) is 20.8 Å². The summed E-state index contributed by atoms with van der Waals surface area (Å²) >= 11 is 0. The zero-order chi connectivity index (χ0) is 20.1. The van der Waals surface area contributed by atoms with Crippen LogP contribution in [0.3, 0.4) is 0 Å². The van der Waals surface area contributed by atoms with Gasteiger partial charge in [0.25, 0.3) is 0 Å². The van der Waals surface area contributed by atoms with Crippen LogP contribution in [0.1, 0.15) is 76.2 Å². The molecule has 7 nitrogen and oxygen atoms in total. The van der Waals surface area contributed by atoms with E-state index in [9.17, 15) is 19.5 Å². The van der Waals surface area contributed by atoms with Gasteiger partial charge in [-0.2, -0.15) is 0 Å². The number of carbonyl (C=O) groups is 3. The first-order chi connectivity index (χ1) is 11.9. The van der Waals surface area contributed by atoms with Gasteiger partial charge in [0.2, 0.25) is 0 Å². The first-order valence-electron chi connectivity index (χ1n) is 8.56. The molecule has 0 aliphatic heterocycles. The van der Waals surface area contributed by atoms with E-state index in [2.05, 4.69) is 5.32 Å². The van der Waals surface area contributed by atoms with Crippen molar-refractivity contribution in [2.75, 3.05) is 5.32 Å². The molecule has 1 aromatic carbocycles. The summed E-state index contributed by atoms with van der Waals surface area (Å²) in [5.41, 5.74) is 0.0554. The average molecular weight is 365 g/mol. The molecule has 0 atom stereocenters. The Balaban J connectivity index is 3.29. The summed E-state index contributed by atoms with van der Waals surface area (Å²) in [6.45, 7) is 10.8. The highest BCUT2D eigenvalue weighted by Crippen LogP contribution is 2.33. The van der Waals surface area contributed by atoms with Gasteiger partial charge in [0.15, 0.2) is 0 Å². The number of nitrogens with one attached hydrogen (secondary N) is 1. The van der Waals surface area contributed by atoms with E-state index in [0.29, 0.717) is 17.7 Å². The molecule has 0 radical (unpaired) electrons. The van der Waals surface area contributed by atoms with E-state index in [4.69, 9.17) is 9.47 Å². The normalized spacial score (nSPS) is 11.2. The van der Waals surface area contributed by atoms with Crippen LogP contribution in [-0.2, 0) is 9.53 Å². The molecule has 0 bridgehead atoms. The minimum absolute atomic E-state index is 0.0330. The Morgan fingerprint density at radius 3 is 2.27 bits per heavy atom. The highest BCUT2D eigenvalue weighted by Gasteiger charge is 2.22. The van der Waals surface area contributed by atoms with Crippen LogP contribution in [0.2, 0.25) is 0 Å². The summed E-state index contributed by atoms with van der Waals surface area (Å²) in [5.74, 6) is -1.84. The van der Waals surface area contributed by atoms with E-state index < -0.39 is 23.6 Å². The Morgan fingerprint density at radius 2 is 1.81 bits per heavy atom. The summed E-state index contributed by atoms with van der Waals surface area (Å²) in [6, 6.07) is 2.77. The molecule has 2 N–H and O–H groups in total. The fraction of sp³-hybridized carbons (Fsp3) is 0.526. The van der Waals surface area contributed by atoms with Gasteiger partial charge in [-0.25, -0.2) is 9.59 Å². The van der Waals surface area contributed by atoms with Gasteiger partial charge in [0.1, 0.15) is 16.9 Å². The van der Waals surface area contributed by atoms with Crippen LogP contribution in [0.4, 0.5) is 10.5 Å². The maximum absolute atomic E-state index is 12.1. The number of rotatable bonds is 6. The van der Waals surface area contributed by atoms with Crippen molar-refractivity contribution in [2.45, 2.75) is 65.9 Å². The van der Waals surface area contributed by atoms with Crippen molar-refractivity contribution >= 4 is 23.7 Å². The summed E-state index contributed by atoms with van der Waals surface area (Å²) in [6.07, 6.45) is 0.0938. The lowest BCUT2D eigenvalue weighted by Gasteiger charge is -2.22. The third kappa shape index (κ3) is 6.38. The second-order valence-corrected chi connectivity index (χ2v) is 7.25. The van der Waals surface area contributed by atoms with Gasteiger partial charge in [0, 0.05) is 12.1 Å². The third-order valence-corrected chi connectivity index (χ3v) is 3.32. The molecule has 0 saturated heterocycles. The number of anilines is 1. The molecule has 0 fully saturated rings. The Bertz CT molecular complexity index is 688. The van der Waals surface area contributed by atoms with Crippen LogP contribution < -0.4 is 10.1 Å². The number of hydrogen-bond acceptors (Lipinski definition) is 5. The fourth-order valence-corrected chi connectivity index (χ4v) is 2.22. The van der Waals surface area contributed by atoms with Crippen LogP contribution in [-0.4, -0.2) is 28.7 Å². The molecule has 7 heteroatoms. The van der Waals surface area contributed by atoms with Crippen molar-refractivity contribution < 1.29 is 29.0 Å². The van der Waals surface area contributed by atoms with Crippen LogP contribution in [0, 0.1) is 0 Å². The molecule has 0 unspecified atom stereocenters. The summed E-state index contributed by atoms with van der Waals surface area (Å²) < 4.78 is 10.4. The topological polar surface area (TPSA) is 102 Å². The largest absolute Gasteiger partial charge is 0.478 e. The zero-order valence-electron chi connectivity index (χ0n) is 16.1. The number of ether oxygens (including phenoxy) is 2. The van der Waals surface area contributed by atoms with Crippen LogP contribution in [0.25, 0.3) is 0 Å². The van der Waals surface area contributed by atoms with E-state index in [1.165, 1.54) is 12.1 Å². The second kappa shape index (κ2) is 8.69. The third-order valence-electron chi connectivity index (χ3n) is 3.32. The Morgan fingerprint density at radius 1 is 1.19 bits per heavy atom. The number of carboxylic acids is 1. The number of esters is 1. The molecule has 26 heavy (non-hydrogen) atoms. The van der Waals surface area contributed by atoms with E-state index >= 15 is 0 Å². The van der Waals surface area contributed by atoms with Gasteiger partial charge in [-0.15, -0.1) is 0 Å². The van der Waals surface area contributed by atoms with E-state index in [-0.39, 0.29) is 23.7 Å². The number of aromatic carboxylic acids is 1. The summed E-state index contributed by atoms with van der Waals surface area (Å²) in [7, 11) is 0. The Hall–Kier alpha value is -2.57. The molecule has 0 aliphatic carbocycles. The lowest BCUT2D eigenvalue weighted by atomic mass is 9.98. The molecule has 0 saturated carbocycles. The quantitative estimate of drug-likeness (QED) is 0.566.